The number of fused-ring (bicyclic) bond motifs is 2. The Morgan fingerprint density at radius 2 is 1.29 bits per heavy atom. The molecule has 3 aromatic carbocycles. The highest BCUT2D eigenvalue weighted by Gasteiger charge is 2.20. The van der Waals surface area contributed by atoms with Gasteiger partial charge in [-0.15, -0.1) is 0 Å². The molecule has 0 unspecified atom stereocenters. The Hall–Kier alpha value is -5.30. The monoisotopic (exact) mass is 497 g/mol. The highest BCUT2D eigenvalue weighted by Crippen LogP contribution is 2.29. The molecule has 0 saturated carbocycles. The van der Waals surface area contributed by atoms with E-state index >= 15 is 0 Å². The largest absolute Gasteiger partial charge is 0.338 e. The first-order valence-electron chi connectivity index (χ1n) is 13.6. The first-order valence-corrected chi connectivity index (χ1v) is 12.1. The number of imidazole rings is 2. The zero-order chi connectivity index (χ0) is 28.1. The fourth-order valence-electron chi connectivity index (χ4n) is 4.86. The molecule has 38 heavy (non-hydrogen) atoms. The summed E-state index contributed by atoms with van der Waals surface area (Å²) < 4.78 is 29.7. The van der Waals surface area contributed by atoms with Crippen molar-refractivity contribution >= 4 is 22.1 Å². The fourth-order valence-corrected chi connectivity index (χ4v) is 4.86. The van der Waals surface area contributed by atoms with Crippen LogP contribution in [0.3, 0.4) is 0 Å². The average Bonchev–Trinajstić information content (AvgIpc) is 3.51. The van der Waals surface area contributed by atoms with Crippen molar-refractivity contribution < 1.29 is 4.11 Å². The molecule has 7 rings (SSSR count). The summed E-state index contributed by atoms with van der Waals surface area (Å²) in [6, 6.07) is 33.2. The molecular formula is C31H22N6O. The minimum absolute atomic E-state index is 0.120. The molecule has 0 amide bonds. The van der Waals surface area contributed by atoms with Gasteiger partial charge in [-0.3, -0.25) is 18.7 Å². The molecule has 0 spiro atoms. The molecule has 0 fully saturated rings. The van der Waals surface area contributed by atoms with E-state index < -0.39 is 6.85 Å². The van der Waals surface area contributed by atoms with Gasteiger partial charge < -0.3 is 0 Å². The van der Waals surface area contributed by atoms with E-state index in [0.717, 1.165) is 0 Å². The molecule has 7 heteroatoms. The van der Waals surface area contributed by atoms with Crippen molar-refractivity contribution in [2.75, 3.05) is 0 Å². The number of aryl methyl sites for hydroxylation is 1. The molecule has 0 radical (unpaired) electrons. The lowest BCUT2D eigenvalue weighted by molar-refractivity contribution is 0.930. The van der Waals surface area contributed by atoms with Crippen molar-refractivity contribution in [1.82, 2.24) is 28.7 Å². The van der Waals surface area contributed by atoms with Crippen LogP contribution in [0, 0.1) is 6.85 Å². The molecule has 7 aromatic rings. The molecule has 0 saturated heterocycles. The van der Waals surface area contributed by atoms with Crippen LogP contribution >= 0.6 is 0 Å². The second-order valence-corrected chi connectivity index (χ2v) is 8.82. The molecule has 0 atom stereocenters. The summed E-state index contributed by atoms with van der Waals surface area (Å²) in [6.45, 7) is -2.53. The van der Waals surface area contributed by atoms with Crippen molar-refractivity contribution in [3.8, 4) is 28.6 Å². The number of benzene rings is 3. The molecule has 0 aliphatic heterocycles. The number of hydrogen-bond donors (Lipinski definition) is 0. The number of para-hydroxylation sites is 2. The van der Waals surface area contributed by atoms with Gasteiger partial charge in [0.05, 0.1) is 44.8 Å². The summed E-state index contributed by atoms with van der Waals surface area (Å²) in [5.74, 6) is 0.267. The summed E-state index contributed by atoms with van der Waals surface area (Å²) in [5.41, 5.74) is 4.56. The van der Waals surface area contributed by atoms with E-state index in [0.29, 0.717) is 50.6 Å². The van der Waals surface area contributed by atoms with Crippen molar-refractivity contribution in [3.63, 3.8) is 0 Å². The van der Waals surface area contributed by atoms with Crippen molar-refractivity contribution in [1.29, 1.82) is 0 Å². The third-order valence-electron chi connectivity index (χ3n) is 6.53. The van der Waals surface area contributed by atoms with Gasteiger partial charge in [-0.25, -0.2) is 14.8 Å². The quantitative estimate of drug-likeness (QED) is 0.304. The topological polar surface area (TPSA) is 70.5 Å². The number of rotatable bonds is 4. The molecule has 4 aromatic heterocycles. The lowest BCUT2D eigenvalue weighted by atomic mass is 10.2. The fraction of sp³-hybridized carbons (Fsp3) is 0.0323. The smallest absolute Gasteiger partial charge is 0.280 e. The standard InChI is InChI=1S/C31H22N6O/c1-21-33-26-19-28-29(20-27(26)35(21)30-17-10-16-25(34-30)24-15-8-9-18-32-24)37(23-13-6-3-7-14-23)31(38)36(28)22-11-4-2-5-12-22/h2-20H,1H3/i1D3. The third-order valence-corrected chi connectivity index (χ3v) is 6.53. The van der Waals surface area contributed by atoms with Crippen LogP contribution in [0.4, 0.5) is 0 Å². The molecule has 182 valence electrons. The summed E-state index contributed by atoms with van der Waals surface area (Å²) in [7, 11) is 0. The lowest BCUT2D eigenvalue weighted by Gasteiger charge is -2.09. The Bertz CT molecular complexity index is 2100. The van der Waals surface area contributed by atoms with Crippen LogP contribution in [0.1, 0.15) is 9.94 Å². The second kappa shape index (κ2) is 8.67. The summed E-state index contributed by atoms with van der Waals surface area (Å²) in [5, 5.41) is 0. The Labute approximate surface area is 222 Å². The number of nitrogens with zero attached hydrogens (tertiary/aromatic N) is 6. The van der Waals surface area contributed by atoms with E-state index in [-0.39, 0.29) is 11.5 Å². The zero-order valence-electron chi connectivity index (χ0n) is 23.1. The van der Waals surface area contributed by atoms with E-state index in [1.165, 1.54) is 0 Å². The summed E-state index contributed by atoms with van der Waals surface area (Å²) >= 11 is 0. The van der Waals surface area contributed by atoms with Gasteiger partial charge in [0, 0.05) is 10.3 Å². The van der Waals surface area contributed by atoms with Crippen LogP contribution in [0.2, 0.25) is 0 Å². The average molecular weight is 498 g/mol. The van der Waals surface area contributed by atoms with Crippen molar-refractivity contribution in [2.45, 2.75) is 6.85 Å². The third kappa shape index (κ3) is 3.44. The van der Waals surface area contributed by atoms with Gasteiger partial charge in [0.2, 0.25) is 0 Å². The second-order valence-electron chi connectivity index (χ2n) is 8.82. The zero-order valence-corrected chi connectivity index (χ0v) is 20.1. The number of pyridine rings is 2. The van der Waals surface area contributed by atoms with E-state index in [4.69, 9.17) is 9.10 Å². The molecule has 7 nitrogen and oxygen atoms in total. The molecule has 0 aliphatic carbocycles. The Morgan fingerprint density at radius 3 is 1.95 bits per heavy atom. The molecule has 0 aliphatic rings. The molecular weight excluding hydrogens is 472 g/mol. The van der Waals surface area contributed by atoms with Gasteiger partial charge in [-0.05, 0) is 67.5 Å². The first-order chi connectivity index (χ1) is 19.9. The SMILES string of the molecule is [2H]C([2H])([2H])c1nc2cc3c(cc2n1-c1cccc(-c2ccccn2)n1)n(-c1ccccc1)c(=O)n3-c1ccccc1. The van der Waals surface area contributed by atoms with Gasteiger partial charge in [0.25, 0.3) is 0 Å². The predicted molar refractivity (Wildman–Crippen MR) is 149 cm³/mol. The van der Waals surface area contributed by atoms with Gasteiger partial charge in [-0.2, -0.15) is 0 Å². The normalized spacial score (nSPS) is 12.9. The van der Waals surface area contributed by atoms with E-state index in [9.17, 15) is 4.79 Å². The predicted octanol–water partition coefficient (Wildman–Crippen LogP) is 5.89. The van der Waals surface area contributed by atoms with Gasteiger partial charge in [0.15, 0.2) is 0 Å². The van der Waals surface area contributed by atoms with E-state index in [1.54, 1.807) is 32.0 Å². The van der Waals surface area contributed by atoms with Crippen LogP contribution in [0.15, 0.2) is 120 Å². The first kappa shape index (κ1) is 18.9. The Balaban J connectivity index is 1.57. The number of hydrogen-bond acceptors (Lipinski definition) is 4. The lowest BCUT2D eigenvalue weighted by Crippen LogP contribution is -2.21. The van der Waals surface area contributed by atoms with Crippen molar-refractivity contribution in [2.24, 2.45) is 0 Å². The Kier molecular flexibility index (Phi) is 4.31. The number of aromatic nitrogens is 6. The van der Waals surface area contributed by atoms with Gasteiger partial charge in [0.1, 0.15) is 11.6 Å². The molecule has 0 N–H and O–H groups in total. The summed E-state index contributed by atoms with van der Waals surface area (Å²) in [4.78, 5) is 27.7. The van der Waals surface area contributed by atoms with Gasteiger partial charge >= 0.3 is 5.69 Å². The minimum atomic E-state index is -2.53. The van der Waals surface area contributed by atoms with Crippen LogP contribution in [-0.2, 0) is 0 Å². The maximum atomic E-state index is 14.0. The van der Waals surface area contributed by atoms with E-state index in [2.05, 4.69) is 9.97 Å². The van der Waals surface area contributed by atoms with Crippen LogP contribution in [-0.4, -0.2) is 28.7 Å². The molecule has 0 bridgehead atoms. The van der Waals surface area contributed by atoms with Crippen molar-refractivity contribution in [3.05, 3.63) is 132 Å². The Morgan fingerprint density at radius 1 is 0.632 bits per heavy atom. The molecule has 4 heterocycles. The van der Waals surface area contributed by atoms with E-state index in [1.807, 2.05) is 97.1 Å². The minimum Gasteiger partial charge on any atom is -0.280 e. The van der Waals surface area contributed by atoms with Crippen LogP contribution in [0.25, 0.3) is 50.6 Å². The highest BCUT2D eigenvalue weighted by molar-refractivity contribution is 5.94. The van der Waals surface area contributed by atoms with Crippen LogP contribution < -0.4 is 5.69 Å². The maximum Gasteiger partial charge on any atom is 0.338 e. The maximum absolute atomic E-state index is 14.0. The van der Waals surface area contributed by atoms with Gasteiger partial charge in [-0.1, -0.05) is 48.5 Å². The highest BCUT2D eigenvalue weighted by atomic mass is 16.1. The van der Waals surface area contributed by atoms with Crippen LogP contribution in [0.5, 0.6) is 0 Å². The summed E-state index contributed by atoms with van der Waals surface area (Å²) in [6.07, 6.45) is 1.68.